The average Bonchev–Trinajstić information content (AvgIpc) is 3.37. The second kappa shape index (κ2) is 17.0. The number of carbonyl (C=O) groups excluding carboxylic acids is 1. The Labute approximate surface area is 219 Å². The van der Waals surface area contributed by atoms with Crippen molar-refractivity contribution in [2.75, 3.05) is 0 Å². The molecule has 0 saturated heterocycles. The van der Waals surface area contributed by atoms with Crippen molar-refractivity contribution in [2.45, 2.75) is 110 Å². The molecular formula is C34H47NO. The van der Waals surface area contributed by atoms with Gasteiger partial charge < -0.3 is 4.98 Å². The topological polar surface area (TPSA) is 32.9 Å². The second-order valence-corrected chi connectivity index (χ2v) is 10.3. The summed E-state index contributed by atoms with van der Waals surface area (Å²) in [7, 11) is 0. The van der Waals surface area contributed by atoms with Crippen LogP contribution in [0.25, 0.3) is 22.4 Å². The van der Waals surface area contributed by atoms with E-state index in [1.807, 2.05) is 42.6 Å². The minimum atomic E-state index is 0.253. The van der Waals surface area contributed by atoms with Crippen molar-refractivity contribution >= 4 is 5.78 Å². The van der Waals surface area contributed by atoms with Gasteiger partial charge in [0.05, 0.1) is 11.3 Å². The first-order valence-electron chi connectivity index (χ1n) is 14.7. The molecule has 2 aromatic carbocycles. The van der Waals surface area contributed by atoms with Crippen LogP contribution in [0.1, 0.15) is 120 Å². The highest BCUT2D eigenvalue weighted by atomic mass is 16.1. The second-order valence-electron chi connectivity index (χ2n) is 10.3. The van der Waals surface area contributed by atoms with Crippen LogP contribution < -0.4 is 0 Å². The van der Waals surface area contributed by atoms with Crippen molar-refractivity contribution < 1.29 is 4.79 Å². The van der Waals surface area contributed by atoms with Gasteiger partial charge in [-0.3, -0.25) is 4.79 Å². The van der Waals surface area contributed by atoms with Gasteiger partial charge in [-0.15, -0.1) is 0 Å². The molecule has 194 valence electrons. The van der Waals surface area contributed by atoms with E-state index in [0.29, 0.717) is 6.42 Å². The number of aromatic amines is 1. The molecule has 0 aliphatic rings. The van der Waals surface area contributed by atoms with Crippen molar-refractivity contribution in [3.63, 3.8) is 0 Å². The van der Waals surface area contributed by atoms with Crippen molar-refractivity contribution in [1.82, 2.24) is 4.98 Å². The molecule has 0 aliphatic carbocycles. The molecule has 0 unspecified atom stereocenters. The van der Waals surface area contributed by atoms with E-state index < -0.39 is 0 Å². The molecule has 0 atom stereocenters. The van der Waals surface area contributed by atoms with Crippen LogP contribution in [-0.2, 0) is 0 Å². The summed E-state index contributed by atoms with van der Waals surface area (Å²) < 4.78 is 0. The maximum absolute atomic E-state index is 13.4. The fourth-order valence-corrected chi connectivity index (χ4v) is 5.17. The SMILES string of the molecule is CCCCCCCCCCCCCCCCCC(=O)c1c(-c2ccccc2)c[nH]c1-c1ccccc1. The summed E-state index contributed by atoms with van der Waals surface area (Å²) >= 11 is 0. The number of ketones is 1. The molecule has 3 aromatic rings. The van der Waals surface area contributed by atoms with Crippen molar-refractivity contribution in [3.8, 4) is 22.4 Å². The number of hydrogen-bond acceptors (Lipinski definition) is 1. The maximum atomic E-state index is 13.4. The predicted octanol–water partition coefficient (Wildman–Crippen LogP) is 10.8. The summed E-state index contributed by atoms with van der Waals surface area (Å²) in [6.45, 7) is 2.28. The molecule has 1 heterocycles. The van der Waals surface area contributed by atoms with Gasteiger partial charge in [0.1, 0.15) is 0 Å². The van der Waals surface area contributed by atoms with Gasteiger partial charge in [-0.1, -0.05) is 157 Å². The first-order valence-corrected chi connectivity index (χ1v) is 14.7. The highest BCUT2D eigenvalue weighted by Gasteiger charge is 2.20. The number of hydrogen-bond donors (Lipinski definition) is 1. The summed E-state index contributed by atoms with van der Waals surface area (Å²) in [6, 6.07) is 20.5. The highest BCUT2D eigenvalue weighted by Crippen LogP contribution is 2.33. The molecule has 0 fully saturated rings. The van der Waals surface area contributed by atoms with E-state index in [1.165, 1.54) is 83.5 Å². The first kappa shape index (κ1) is 28.0. The molecule has 36 heavy (non-hydrogen) atoms. The quantitative estimate of drug-likeness (QED) is 0.133. The lowest BCUT2D eigenvalue weighted by molar-refractivity contribution is 0.0980. The van der Waals surface area contributed by atoms with E-state index in [2.05, 4.69) is 36.2 Å². The van der Waals surface area contributed by atoms with Crippen LogP contribution in [0.5, 0.6) is 0 Å². The first-order chi connectivity index (χ1) is 17.8. The highest BCUT2D eigenvalue weighted by molar-refractivity contribution is 6.07. The van der Waals surface area contributed by atoms with E-state index in [1.54, 1.807) is 0 Å². The molecule has 0 radical (unpaired) electrons. The molecule has 0 bridgehead atoms. The molecule has 2 heteroatoms. The van der Waals surface area contributed by atoms with Crippen LogP contribution in [0.4, 0.5) is 0 Å². The van der Waals surface area contributed by atoms with E-state index in [0.717, 1.165) is 40.8 Å². The molecule has 2 nitrogen and oxygen atoms in total. The monoisotopic (exact) mass is 485 g/mol. The third kappa shape index (κ3) is 9.45. The predicted molar refractivity (Wildman–Crippen MR) is 156 cm³/mol. The van der Waals surface area contributed by atoms with Gasteiger partial charge in [-0.25, -0.2) is 0 Å². The third-order valence-corrected chi connectivity index (χ3v) is 7.31. The minimum Gasteiger partial charge on any atom is -0.360 e. The van der Waals surface area contributed by atoms with Gasteiger partial charge >= 0.3 is 0 Å². The van der Waals surface area contributed by atoms with E-state index >= 15 is 0 Å². The van der Waals surface area contributed by atoms with E-state index in [9.17, 15) is 4.79 Å². The number of aromatic nitrogens is 1. The number of unbranched alkanes of at least 4 members (excludes halogenated alkanes) is 14. The van der Waals surface area contributed by atoms with E-state index in [-0.39, 0.29) is 5.78 Å². The molecular weight excluding hydrogens is 438 g/mol. The summed E-state index contributed by atoms with van der Waals surface area (Å²) in [5, 5.41) is 0. The summed E-state index contributed by atoms with van der Waals surface area (Å²) in [5.41, 5.74) is 4.97. The number of Topliss-reactive ketones (excluding diaryl/α,β-unsaturated/α-hetero) is 1. The lowest BCUT2D eigenvalue weighted by Crippen LogP contribution is -2.02. The molecule has 0 saturated carbocycles. The Kier molecular flexibility index (Phi) is 13.2. The molecule has 0 aliphatic heterocycles. The van der Waals surface area contributed by atoms with Crippen LogP contribution in [0.15, 0.2) is 66.9 Å². The van der Waals surface area contributed by atoms with Gasteiger partial charge in [0.15, 0.2) is 5.78 Å². The molecule has 0 amide bonds. The largest absolute Gasteiger partial charge is 0.360 e. The number of carbonyl (C=O) groups is 1. The normalized spacial score (nSPS) is 11.1. The number of rotatable bonds is 19. The molecule has 0 spiro atoms. The lowest BCUT2D eigenvalue weighted by Gasteiger charge is -2.08. The Morgan fingerprint density at radius 1 is 0.583 bits per heavy atom. The van der Waals surface area contributed by atoms with Crippen LogP contribution in [0.3, 0.4) is 0 Å². The number of benzene rings is 2. The fraction of sp³-hybridized carbons (Fsp3) is 0.500. The van der Waals surface area contributed by atoms with Crippen molar-refractivity contribution in [2.24, 2.45) is 0 Å². The Morgan fingerprint density at radius 3 is 1.53 bits per heavy atom. The van der Waals surface area contributed by atoms with Gasteiger partial charge in [-0.05, 0) is 17.5 Å². The fourth-order valence-electron chi connectivity index (χ4n) is 5.17. The summed E-state index contributed by atoms with van der Waals surface area (Å²) in [4.78, 5) is 16.8. The smallest absolute Gasteiger partial charge is 0.165 e. The Balaban J connectivity index is 1.36. The van der Waals surface area contributed by atoms with Crippen molar-refractivity contribution in [3.05, 3.63) is 72.4 Å². The number of nitrogens with one attached hydrogen (secondary N) is 1. The average molecular weight is 486 g/mol. The zero-order valence-corrected chi connectivity index (χ0v) is 22.6. The molecule has 1 N–H and O–H groups in total. The van der Waals surface area contributed by atoms with Gasteiger partial charge in [-0.2, -0.15) is 0 Å². The Morgan fingerprint density at radius 2 is 1.03 bits per heavy atom. The lowest BCUT2D eigenvalue weighted by atomic mass is 9.94. The van der Waals surface area contributed by atoms with Gasteiger partial charge in [0.25, 0.3) is 0 Å². The zero-order chi connectivity index (χ0) is 25.3. The van der Waals surface area contributed by atoms with Crippen LogP contribution >= 0.6 is 0 Å². The molecule has 1 aromatic heterocycles. The van der Waals surface area contributed by atoms with Crippen molar-refractivity contribution in [1.29, 1.82) is 0 Å². The van der Waals surface area contributed by atoms with Gasteiger partial charge in [0.2, 0.25) is 0 Å². The Hall–Kier alpha value is -2.61. The summed E-state index contributed by atoms with van der Waals surface area (Å²) in [6.07, 6.45) is 22.7. The molecule has 3 rings (SSSR count). The van der Waals surface area contributed by atoms with E-state index in [4.69, 9.17) is 0 Å². The number of H-pyrrole nitrogens is 1. The Bertz CT molecular complexity index is 916. The zero-order valence-electron chi connectivity index (χ0n) is 22.6. The van der Waals surface area contributed by atoms with Crippen LogP contribution in [0, 0.1) is 0 Å². The van der Waals surface area contributed by atoms with Crippen LogP contribution in [-0.4, -0.2) is 10.8 Å². The van der Waals surface area contributed by atoms with Gasteiger partial charge in [0, 0.05) is 18.2 Å². The maximum Gasteiger partial charge on any atom is 0.165 e. The summed E-state index contributed by atoms with van der Waals surface area (Å²) in [5.74, 6) is 0.253. The standard InChI is InChI=1S/C34H47NO/c1-2-3-4-5-6-7-8-9-10-11-12-13-14-15-22-27-32(36)33-31(29-23-18-16-19-24-29)28-35-34(33)30-25-20-17-21-26-30/h16-21,23-26,28,35H,2-15,22,27H2,1H3. The third-order valence-electron chi connectivity index (χ3n) is 7.31. The van der Waals surface area contributed by atoms with Crippen LogP contribution in [0.2, 0.25) is 0 Å². The minimum absolute atomic E-state index is 0.253.